The number of hydrogen-bond donors (Lipinski definition) is 0. The van der Waals surface area contributed by atoms with Gasteiger partial charge in [0.25, 0.3) is 0 Å². The number of hydrogen-bond acceptors (Lipinski definition) is 2. The summed E-state index contributed by atoms with van der Waals surface area (Å²) in [5, 5.41) is 0. The first-order valence-electron chi connectivity index (χ1n) is 6.69. The van der Waals surface area contributed by atoms with E-state index in [4.69, 9.17) is 0 Å². The Labute approximate surface area is 117 Å². The second-order valence-electron chi connectivity index (χ2n) is 6.55. The second kappa shape index (κ2) is 6.09. The van der Waals surface area contributed by atoms with Crippen LogP contribution in [0.25, 0.3) is 0 Å². The highest BCUT2D eigenvalue weighted by Crippen LogP contribution is 2.20. The Bertz CT molecular complexity index is 415. The van der Waals surface area contributed by atoms with Crippen LogP contribution in [0.4, 0.5) is 5.69 Å². The lowest BCUT2D eigenvalue weighted by Gasteiger charge is -2.23. The first kappa shape index (κ1) is 15.5. The minimum atomic E-state index is 0.0418. The van der Waals surface area contributed by atoms with E-state index in [9.17, 15) is 4.79 Å². The molecule has 0 fully saturated rings. The normalized spacial score (nSPS) is 11.3. The molecule has 0 bridgehead atoms. The molecule has 1 rings (SSSR count). The third-order valence-corrected chi connectivity index (χ3v) is 2.98. The van der Waals surface area contributed by atoms with Crippen LogP contribution in [0.5, 0.6) is 0 Å². The van der Waals surface area contributed by atoms with Crippen molar-refractivity contribution in [2.75, 3.05) is 26.0 Å². The van der Waals surface area contributed by atoms with Crippen molar-refractivity contribution in [3.8, 4) is 0 Å². The van der Waals surface area contributed by atoms with E-state index in [-0.39, 0.29) is 11.3 Å². The minimum absolute atomic E-state index is 0.0418. The fraction of sp³-hybridized carbons (Fsp3) is 0.562. The largest absolute Gasteiger partial charge is 0.378 e. The predicted octanol–water partition coefficient (Wildman–Crippen LogP) is 3.15. The molecule has 1 amide bonds. The van der Waals surface area contributed by atoms with Gasteiger partial charge in [0.05, 0.1) is 0 Å². The van der Waals surface area contributed by atoms with Crippen molar-refractivity contribution >= 4 is 11.6 Å². The molecule has 0 saturated carbocycles. The number of carbonyl (C=O) groups is 1. The van der Waals surface area contributed by atoms with Crippen LogP contribution in [0.15, 0.2) is 24.3 Å². The van der Waals surface area contributed by atoms with Gasteiger partial charge in [0.1, 0.15) is 0 Å². The number of amides is 1. The molecule has 1 aromatic carbocycles. The molecule has 0 atom stereocenters. The van der Waals surface area contributed by atoms with Crippen LogP contribution >= 0.6 is 0 Å². The van der Waals surface area contributed by atoms with Gasteiger partial charge in [0, 0.05) is 39.8 Å². The van der Waals surface area contributed by atoms with Crippen LogP contribution in [0.1, 0.15) is 32.8 Å². The molecule has 0 heterocycles. The SMILES string of the molecule is CN(Cc1ccc(N(C)C)cc1)C(=O)CC(C)(C)C. The Morgan fingerprint density at radius 1 is 1.05 bits per heavy atom. The molecule has 0 aromatic heterocycles. The van der Waals surface area contributed by atoms with E-state index in [0.717, 1.165) is 5.56 Å². The number of benzene rings is 1. The maximum Gasteiger partial charge on any atom is 0.223 e. The molecule has 0 saturated heterocycles. The van der Waals surface area contributed by atoms with Crippen LogP contribution in [-0.2, 0) is 11.3 Å². The van der Waals surface area contributed by atoms with Crippen molar-refractivity contribution in [2.45, 2.75) is 33.7 Å². The molecular formula is C16H26N2O. The summed E-state index contributed by atoms with van der Waals surface area (Å²) in [6.07, 6.45) is 0.583. The smallest absolute Gasteiger partial charge is 0.223 e. The average Bonchev–Trinajstić information content (AvgIpc) is 2.27. The molecule has 0 aliphatic rings. The first-order valence-corrected chi connectivity index (χ1v) is 6.69. The van der Waals surface area contributed by atoms with Gasteiger partial charge in [-0.05, 0) is 23.1 Å². The van der Waals surface area contributed by atoms with E-state index in [1.165, 1.54) is 5.69 Å². The fourth-order valence-electron chi connectivity index (χ4n) is 1.85. The van der Waals surface area contributed by atoms with Crippen LogP contribution in [0, 0.1) is 5.41 Å². The standard InChI is InChI=1S/C16H26N2O/c1-16(2,3)11-15(19)18(6)12-13-7-9-14(10-8-13)17(4)5/h7-10H,11-12H2,1-6H3. The van der Waals surface area contributed by atoms with E-state index in [1.54, 1.807) is 4.90 Å². The molecule has 0 N–H and O–H groups in total. The molecular weight excluding hydrogens is 236 g/mol. The Kier molecular flexibility index (Phi) is 4.98. The van der Waals surface area contributed by atoms with Gasteiger partial charge < -0.3 is 9.80 Å². The Morgan fingerprint density at radius 3 is 2.00 bits per heavy atom. The van der Waals surface area contributed by atoms with Crippen molar-refractivity contribution in [3.05, 3.63) is 29.8 Å². The van der Waals surface area contributed by atoms with E-state index in [1.807, 2.05) is 21.1 Å². The number of nitrogens with zero attached hydrogens (tertiary/aromatic N) is 2. The van der Waals surface area contributed by atoms with Crippen molar-refractivity contribution in [2.24, 2.45) is 5.41 Å². The molecule has 0 unspecified atom stereocenters. The molecule has 0 aliphatic carbocycles. The Morgan fingerprint density at radius 2 is 1.58 bits per heavy atom. The van der Waals surface area contributed by atoms with Gasteiger partial charge in [-0.1, -0.05) is 32.9 Å². The van der Waals surface area contributed by atoms with Gasteiger partial charge in [0.15, 0.2) is 0 Å². The predicted molar refractivity (Wildman–Crippen MR) is 81.3 cm³/mol. The van der Waals surface area contributed by atoms with Gasteiger partial charge in [-0.3, -0.25) is 4.79 Å². The van der Waals surface area contributed by atoms with Gasteiger partial charge in [0.2, 0.25) is 5.91 Å². The average molecular weight is 262 g/mol. The highest BCUT2D eigenvalue weighted by molar-refractivity contribution is 5.76. The summed E-state index contributed by atoms with van der Waals surface area (Å²) in [5.74, 6) is 0.198. The highest BCUT2D eigenvalue weighted by atomic mass is 16.2. The molecule has 1 aromatic rings. The number of carbonyl (C=O) groups excluding carboxylic acids is 1. The monoisotopic (exact) mass is 262 g/mol. The number of anilines is 1. The Hall–Kier alpha value is -1.51. The molecule has 0 aliphatic heterocycles. The lowest BCUT2D eigenvalue weighted by Crippen LogP contribution is -2.29. The first-order chi connectivity index (χ1) is 8.69. The van der Waals surface area contributed by atoms with Gasteiger partial charge in [-0.2, -0.15) is 0 Å². The summed E-state index contributed by atoms with van der Waals surface area (Å²) >= 11 is 0. The van der Waals surface area contributed by atoms with Crippen molar-refractivity contribution in [1.82, 2.24) is 4.90 Å². The topological polar surface area (TPSA) is 23.6 Å². The lowest BCUT2D eigenvalue weighted by molar-refractivity contribution is -0.132. The van der Waals surface area contributed by atoms with E-state index in [0.29, 0.717) is 13.0 Å². The molecule has 3 heteroatoms. The van der Waals surface area contributed by atoms with Crippen LogP contribution in [-0.4, -0.2) is 32.0 Å². The lowest BCUT2D eigenvalue weighted by atomic mass is 9.91. The van der Waals surface area contributed by atoms with Crippen molar-refractivity contribution in [3.63, 3.8) is 0 Å². The van der Waals surface area contributed by atoms with E-state index < -0.39 is 0 Å². The third kappa shape index (κ3) is 5.33. The zero-order valence-corrected chi connectivity index (χ0v) is 13.0. The summed E-state index contributed by atoms with van der Waals surface area (Å²) in [4.78, 5) is 15.9. The van der Waals surface area contributed by atoms with E-state index >= 15 is 0 Å². The third-order valence-electron chi connectivity index (χ3n) is 2.98. The number of rotatable bonds is 4. The summed E-state index contributed by atoms with van der Waals surface area (Å²) in [6.45, 7) is 6.93. The zero-order chi connectivity index (χ0) is 14.6. The highest BCUT2D eigenvalue weighted by Gasteiger charge is 2.18. The minimum Gasteiger partial charge on any atom is -0.378 e. The summed E-state index contributed by atoms with van der Waals surface area (Å²) < 4.78 is 0. The van der Waals surface area contributed by atoms with Gasteiger partial charge >= 0.3 is 0 Å². The summed E-state index contributed by atoms with van der Waals surface area (Å²) in [5.41, 5.74) is 2.38. The molecule has 19 heavy (non-hydrogen) atoms. The molecule has 106 valence electrons. The quantitative estimate of drug-likeness (QED) is 0.832. The van der Waals surface area contributed by atoms with Crippen molar-refractivity contribution in [1.29, 1.82) is 0 Å². The maximum atomic E-state index is 12.1. The maximum absolute atomic E-state index is 12.1. The zero-order valence-electron chi connectivity index (χ0n) is 13.0. The fourth-order valence-corrected chi connectivity index (χ4v) is 1.85. The van der Waals surface area contributed by atoms with Crippen LogP contribution in [0.2, 0.25) is 0 Å². The summed E-state index contributed by atoms with van der Waals surface area (Å²) in [7, 11) is 5.91. The van der Waals surface area contributed by atoms with Crippen LogP contribution in [0.3, 0.4) is 0 Å². The van der Waals surface area contributed by atoms with E-state index in [2.05, 4.69) is 49.9 Å². The molecule has 3 nitrogen and oxygen atoms in total. The van der Waals surface area contributed by atoms with Crippen LogP contribution < -0.4 is 4.90 Å². The summed E-state index contributed by atoms with van der Waals surface area (Å²) in [6, 6.07) is 8.32. The van der Waals surface area contributed by atoms with Gasteiger partial charge in [-0.15, -0.1) is 0 Å². The molecule has 0 radical (unpaired) electrons. The second-order valence-corrected chi connectivity index (χ2v) is 6.55. The molecule has 0 spiro atoms. The van der Waals surface area contributed by atoms with Crippen molar-refractivity contribution < 1.29 is 4.79 Å². The Balaban J connectivity index is 2.61. The van der Waals surface area contributed by atoms with Gasteiger partial charge in [-0.25, -0.2) is 0 Å².